The average molecular weight is 495 g/mol. The van der Waals surface area contributed by atoms with Gasteiger partial charge in [0.2, 0.25) is 0 Å². The minimum Gasteiger partial charge on any atom is -0.488 e. The Hall–Kier alpha value is -3.17. The number of aryl methyl sites for hydroxylation is 3. The van der Waals surface area contributed by atoms with Gasteiger partial charge in [0.25, 0.3) is 0 Å². The molecule has 0 aromatic carbocycles. The molecular weight excluding hydrogens is 464 g/mol. The molecule has 0 spiro atoms. The molecule has 5 rings (SSSR count). The number of nitrogens with zero attached hydrogens (tertiary/aromatic N) is 7. The van der Waals surface area contributed by atoms with Crippen molar-refractivity contribution in [2.45, 2.75) is 45.1 Å². The van der Waals surface area contributed by atoms with Crippen molar-refractivity contribution in [2.24, 2.45) is 7.05 Å². The zero-order valence-electron chi connectivity index (χ0n) is 20.2. The van der Waals surface area contributed by atoms with Crippen LogP contribution in [0.15, 0.2) is 36.7 Å². The Morgan fingerprint density at radius 2 is 2.09 bits per heavy atom. The molecule has 10 heteroatoms. The molecule has 1 atom stereocenters. The summed E-state index contributed by atoms with van der Waals surface area (Å²) in [4.78, 5) is 11.2. The van der Waals surface area contributed by atoms with Gasteiger partial charge in [-0.3, -0.25) is 9.58 Å². The third-order valence-electron chi connectivity index (χ3n) is 6.58. The zero-order chi connectivity index (χ0) is 24.4. The van der Waals surface area contributed by atoms with Crippen LogP contribution in [-0.4, -0.2) is 60.0 Å². The third-order valence-corrected chi connectivity index (χ3v) is 6.77. The number of nitrogens with two attached hydrogens (primary N) is 1. The summed E-state index contributed by atoms with van der Waals surface area (Å²) >= 11 is 6.06. The van der Waals surface area contributed by atoms with Gasteiger partial charge >= 0.3 is 0 Å². The molecule has 184 valence electrons. The maximum Gasteiger partial charge on any atom is 0.165 e. The van der Waals surface area contributed by atoms with Gasteiger partial charge in [0.1, 0.15) is 29.1 Å². The lowest BCUT2D eigenvalue weighted by molar-refractivity contribution is 0.171. The molecule has 35 heavy (non-hydrogen) atoms. The second-order valence-corrected chi connectivity index (χ2v) is 9.55. The SMILES string of the molecule is Cc1nc(Cl)cc(CCCCN2CCC[C@H]2COc2cnn(C)c2-c2ccn3nc(N)cc3c2)n1. The van der Waals surface area contributed by atoms with Crippen molar-refractivity contribution in [3.05, 3.63) is 53.3 Å². The van der Waals surface area contributed by atoms with E-state index in [9.17, 15) is 0 Å². The summed E-state index contributed by atoms with van der Waals surface area (Å²) in [5, 5.41) is 9.23. The maximum absolute atomic E-state index is 6.34. The first kappa shape index (κ1) is 23.6. The van der Waals surface area contributed by atoms with E-state index in [1.165, 1.54) is 6.42 Å². The van der Waals surface area contributed by atoms with Crippen LogP contribution in [0.3, 0.4) is 0 Å². The van der Waals surface area contributed by atoms with E-state index >= 15 is 0 Å². The highest BCUT2D eigenvalue weighted by molar-refractivity contribution is 6.29. The zero-order valence-corrected chi connectivity index (χ0v) is 20.9. The Labute approximate surface area is 209 Å². The lowest BCUT2D eigenvalue weighted by Gasteiger charge is -2.24. The van der Waals surface area contributed by atoms with Crippen LogP contribution < -0.4 is 10.5 Å². The van der Waals surface area contributed by atoms with Crippen LogP contribution in [0.1, 0.15) is 37.2 Å². The highest BCUT2D eigenvalue weighted by atomic mass is 35.5. The van der Waals surface area contributed by atoms with E-state index in [1.54, 1.807) is 10.7 Å². The van der Waals surface area contributed by atoms with Gasteiger partial charge in [-0.05, 0) is 70.3 Å². The van der Waals surface area contributed by atoms with E-state index in [-0.39, 0.29) is 0 Å². The molecule has 0 bridgehead atoms. The molecule has 5 heterocycles. The normalized spacial score (nSPS) is 16.4. The predicted octanol–water partition coefficient (Wildman–Crippen LogP) is 3.93. The van der Waals surface area contributed by atoms with Gasteiger partial charge in [0.05, 0.1) is 11.7 Å². The van der Waals surface area contributed by atoms with Gasteiger partial charge in [-0.2, -0.15) is 10.2 Å². The molecule has 0 amide bonds. The number of hydrogen-bond donors (Lipinski definition) is 1. The Bertz CT molecular complexity index is 1300. The number of nitrogen functional groups attached to an aromatic ring is 1. The topological polar surface area (TPSA) is 99.4 Å². The van der Waals surface area contributed by atoms with E-state index in [0.29, 0.717) is 23.6 Å². The number of likely N-dealkylation sites (tertiary alicyclic amines) is 1. The highest BCUT2D eigenvalue weighted by Crippen LogP contribution is 2.31. The summed E-state index contributed by atoms with van der Waals surface area (Å²) in [7, 11) is 1.94. The first-order chi connectivity index (χ1) is 17.0. The van der Waals surface area contributed by atoms with Crippen molar-refractivity contribution >= 4 is 22.9 Å². The number of rotatable bonds is 9. The second kappa shape index (κ2) is 10.2. The van der Waals surface area contributed by atoms with E-state index in [4.69, 9.17) is 22.1 Å². The lowest BCUT2D eigenvalue weighted by Crippen LogP contribution is -2.35. The van der Waals surface area contributed by atoms with Crippen LogP contribution in [0, 0.1) is 6.92 Å². The summed E-state index contributed by atoms with van der Waals surface area (Å²) in [6.07, 6.45) is 9.18. The number of hydrogen-bond acceptors (Lipinski definition) is 7. The van der Waals surface area contributed by atoms with E-state index in [0.717, 1.165) is 72.8 Å². The molecule has 1 fully saturated rings. The minimum atomic E-state index is 0.413. The van der Waals surface area contributed by atoms with Crippen molar-refractivity contribution < 1.29 is 4.74 Å². The Morgan fingerprint density at radius 1 is 1.20 bits per heavy atom. The van der Waals surface area contributed by atoms with Crippen LogP contribution in [0.5, 0.6) is 5.75 Å². The molecule has 9 nitrogen and oxygen atoms in total. The van der Waals surface area contributed by atoms with Crippen LogP contribution in [0.2, 0.25) is 5.15 Å². The molecule has 4 aromatic heterocycles. The fraction of sp³-hybridized carbons (Fsp3) is 0.440. The Balaban J connectivity index is 1.18. The van der Waals surface area contributed by atoms with Crippen LogP contribution in [0.4, 0.5) is 5.82 Å². The quantitative estimate of drug-likeness (QED) is 0.278. The van der Waals surface area contributed by atoms with Gasteiger partial charge in [0.15, 0.2) is 5.75 Å². The minimum absolute atomic E-state index is 0.413. The molecular formula is C25H31ClN8O. The summed E-state index contributed by atoms with van der Waals surface area (Å²) in [5.41, 5.74) is 9.78. The van der Waals surface area contributed by atoms with Crippen molar-refractivity contribution in [2.75, 3.05) is 25.4 Å². The Morgan fingerprint density at radius 3 is 2.94 bits per heavy atom. The predicted molar refractivity (Wildman–Crippen MR) is 137 cm³/mol. The Kier molecular flexibility index (Phi) is 6.88. The second-order valence-electron chi connectivity index (χ2n) is 9.16. The number of unbranched alkanes of at least 4 members (excludes halogenated alkanes) is 1. The largest absolute Gasteiger partial charge is 0.488 e. The van der Waals surface area contributed by atoms with Crippen LogP contribution >= 0.6 is 11.6 Å². The van der Waals surface area contributed by atoms with E-state index in [2.05, 4.69) is 31.1 Å². The lowest BCUT2D eigenvalue weighted by atomic mass is 10.1. The smallest absolute Gasteiger partial charge is 0.165 e. The molecule has 0 unspecified atom stereocenters. The summed E-state index contributed by atoms with van der Waals surface area (Å²) in [6.45, 7) is 4.71. The number of ether oxygens (including phenoxy) is 1. The number of anilines is 1. The van der Waals surface area contributed by atoms with Crippen molar-refractivity contribution in [1.82, 2.24) is 34.3 Å². The molecule has 2 N–H and O–H groups in total. The first-order valence-corrected chi connectivity index (χ1v) is 12.5. The molecule has 0 aliphatic carbocycles. The molecule has 1 aliphatic rings. The standard InChI is InChI=1S/C25H31ClN8O/c1-17-29-19(13-23(26)30-17)6-3-4-9-33-10-5-7-20(33)16-35-22-15-28-32(2)25(22)18-8-11-34-21(12-18)14-24(27)31-34/h8,11-15,20H,3-7,9-10,16H2,1-2H3,(H2,27,31)/t20-/m0/s1. The third kappa shape index (κ3) is 5.41. The molecule has 0 saturated carbocycles. The molecule has 1 saturated heterocycles. The average Bonchev–Trinajstić information content (AvgIpc) is 3.51. The van der Waals surface area contributed by atoms with E-state index in [1.807, 2.05) is 43.0 Å². The summed E-state index contributed by atoms with van der Waals surface area (Å²) in [5.74, 6) is 2.03. The van der Waals surface area contributed by atoms with Crippen molar-refractivity contribution in [3.63, 3.8) is 0 Å². The molecule has 1 aliphatic heterocycles. The molecule has 4 aromatic rings. The maximum atomic E-state index is 6.34. The number of aromatic nitrogens is 6. The van der Waals surface area contributed by atoms with Crippen molar-refractivity contribution in [1.29, 1.82) is 0 Å². The summed E-state index contributed by atoms with van der Waals surface area (Å²) in [6, 6.07) is 8.21. The number of fused-ring (bicyclic) bond motifs is 1. The van der Waals surface area contributed by atoms with Crippen LogP contribution in [0.25, 0.3) is 16.8 Å². The van der Waals surface area contributed by atoms with Gasteiger partial charge in [-0.25, -0.2) is 14.5 Å². The number of pyridine rings is 1. The van der Waals surface area contributed by atoms with Gasteiger partial charge < -0.3 is 10.5 Å². The van der Waals surface area contributed by atoms with E-state index < -0.39 is 0 Å². The van der Waals surface area contributed by atoms with Gasteiger partial charge in [-0.1, -0.05) is 11.6 Å². The fourth-order valence-electron chi connectivity index (χ4n) is 4.92. The van der Waals surface area contributed by atoms with Crippen LogP contribution in [-0.2, 0) is 13.5 Å². The van der Waals surface area contributed by atoms with Crippen molar-refractivity contribution in [3.8, 4) is 17.0 Å². The molecule has 0 radical (unpaired) electrons. The monoisotopic (exact) mass is 494 g/mol. The number of halogens is 1. The summed E-state index contributed by atoms with van der Waals surface area (Å²) < 4.78 is 9.97. The van der Waals surface area contributed by atoms with Gasteiger partial charge in [-0.15, -0.1) is 0 Å². The van der Waals surface area contributed by atoms with Gasteiger partial charge in [0, 0.05) is 36.6 Å². The fourth-order valence-corrected chi connectivity index (χ4v) is 5.16. The first-order valence-electron chi connectivity index (χ1n) is 12.1. The highest BCUT2D eigenvalue weighted by Gasteiger charge is 2.25.